The van der Waals surface area contributed by atoms with Gasteiger partial charge in [-0.1, -0.05) is 0 Å². The van der Waals surface area contributed by atoms with Crippen LogP contribution in [0.5, 0.6) is 0 Å². The lowest BCUT2D eigenvalue weighted by Gasteiger charge is -2.32. The predicted molar refractivity (Wildman–Crippen MR) is 86.5 cm³/mol. The molecule has 2 aliphatic rings. The molecule has 0 radical (unpaired) electrons. The Balaban J connectivity index is 1.49. The highest BCUT2D eigenvalue weighted by atomic mass is 16.5. The highest BCUT2D eigenvalue weighted by Crippen LogP contribution is 2.21. The number of rotatable bonds is 4. The first-order chi connectivity index (χ1) is 10.6. The van der Waals surface area contributed by atoms with Gasteiger partial charge in [-0.25, -0.2) is 4.99 Å². The number of ether oxygens (including phenoxy) is 1. The Hall–Kier alpha value is -1.85. The Morgan fingerprint density at radius 3 is 2.82 bits per heavy atom. The first-order valence-electron chi connectivity index (χ1n) is 8.10. The molecule has 6 heteroatoms. The van der Waals surface area contributed by atoms with Gasteiger partial charge in [0.05, 0.1) is 18.1 Å². The van der Waals surface area contributed by atoms with Gasteiger partial charge in [-0.3, -0.25) is 10.1 Å². The third-order valence-corrected chi connectivity index (χ3v) is 4.53. The van der Waals surface area contributed by atoms with Crippen molar-refractivity contribution < 1.29 is 4.74 Å². The van der Waals surface area contributed by atoms with Crippen molar-refractivity contribution in [1.29, 1.82) is 5.41 Å². The van der Waals surface area contributed by atoms with Crippen molar-refractivity contribution in [1.82, 2.24) is 14.7 Å². The van der Waals surface area contributed by atoms with Crippen LogP contribution < -0.4 is 0 Å². The number of nitrogens with zero attached hydrogens (tertiary/aromatic N) is 4. The molecule has 3 heterocycles. The Morgan fingerprint density at radius 2 is 2.18 bits per heavy atom. The van der Waals surface area contributed by atoms with E-state index in [-0.39, 0.29) is 6.04 Å². The molecule has 0 amide bonds. The van der Waals surface area contributed by atoms with Crippen molar-refractivity contribution in [2.45, 2.75) is 45.7 Å². The van der Waals surface area contributed by atoms with Gasteiger partial charge in [-0.15, -0.1) is 0 Å². The first kappa shape index (κ1) is 15.1. The molecule has 6 nitrogen and oxygen atoms in total. The number of likely N-dealkylation sites (tertiary alicyclic amines) is 1. The second-order valence-electron chi connectivity index (χ2n) is 6.36. The lowest BCUT2D eigenvalue weighted by molar-refractivity contribution is 0.261. The summed E-state index contributed by atoms with van der Waals surface area (Å²) in [6.45, 7) is 7.25. The second kappa shape index (κ2) is 6.50. The van der Waals surface area contributed by atoms with Crippen molar-refractivity contribution >= 4 is 11.7 Å². The van der Waals surface area contributed by atoms with Gasteiger partial charge < -0.3 is 9.64 Å². The van der Waals surface area contributed by atoms with Crippen LogP contribution in [0.1, 0.15) is 32.4 Å². The van der Waals surface area contributed by atoms with Gasteiger partial charge in [0.2, 0.25) is 0 Å². The highest BCUT2D eigenvalue weighted by molar-refractivity contribution is 5.76. The second-order valence-corrected chi connectivity index (χ2v) is 6.36. The van der Waals surface area contributed by atoms with E-state index in [2.05, 4.69) is 27.3 Å². The SMILES string of the molecule is CC(=N)N1CCC(Cc2ccn(CC3COC(C)=N3)n2)CC1. The molecule has 0 bridgehead atoms. The van der Waals surface area contributed by atoms with Crippen LogP contribution in [0.15, 0.2) is 17.3 Å². The zero-order valence-electron chi connectivity index (χ0n) is 13.5. The predicted octanol–water partition coefficient (Wildman–Crippen LogP) is 1.95. The highest BCUT2D eigenvalue weighted by Gasteiger charge is 2.21. The number of piperidine rings is 1. The normalized spacial score (nSPS) is 22.5. The van der Waals surface area contributed by atoms with Crippen LogP contribution in [0.3, 0.4) is 0 Å². The van der Waals surface area contributed by atoms with Crippen molar-refractivity contribution in [3.63, 3.8) is 0 Å². The Labute approximate surface area is 131 Å². The summed E-state index contributed by atoms with van der Waals surface area (Å²) in [5.41, 5.74) is 1.17. The van der Waals surface area contributed by atoms with E-state index in [1.807, 2.05) is 18.5 Å². The van der Waals surface area contributed by atoms with Gasteiger partial charge in [0.25, 0.3) is 0 Å². The fourth-order valence-electron chi connectivity index (χ4n) is 3.24. The monoisotopic (exact) mass is 303 g/mol. The zero-order valence-corrected chi connectivity index (χ0v) is 13.5. The fourth-order valence-corrected chi connectivity index (χ4v) is 3.24. The minimum atomic E-state index is 0.201. The minimum Gasteiger partial charge on any atom is -0.479 e. The van der Waals surface area contributed by atoms with Crippen molar-refractivity contribution in [3.05, 3.63) is 18.0 Å². The van der Waals surface area contributed by atoms with Crippen LogP contribution in [0, 0.1) is 11.3 Å². The summed E-state index contributed by atoms with van der Waals surface area (Å²) in [6.07, 6.45) is 5.41. The van der Waals surface area contributed by atoms with Gasteiger partial charge in [0.15, 0.2) is 5.90 Å². The van der Waals surface area contributed by atoms with Crippen LogP contribution in [-0.4, -0.2) is 52.2 Å². The topological polar surface area (TPSA) is 66.5 Å². The minimum absolute atomic E-state index is 0.201. The quantitative estimate of drug-likeness (QED) is 0.683. The number of aromatic nitrogens is 2. The van der Waals surface area contributed by atoms with E-state index in [0.29, 0.717) is 18.4 Å². The summed E-state index contributed by atoms with van der Waals surface area (Å²) >= 11 is 0. The maximum atomic E-state index is 7.69. The van der Waals surface area contributed by atoms with E-state index >= 15 is 0 Å². The van der Waals surface area contributed by atoms with Crippen LogP contribution in [0.4, 0.5) is 0 Å². The average Bonchev–Trinajstić information content (AvgIpc) is 3.09. The van der Waals surface area contributed by atoms with E-state index in [9.17, 15) is 0 Å². The summed E-state index contributed by atoms with van der Waals surface area (Å²) in [7, 11) is 0. The van der Waals surface area contributed by atoms with Crippen molar-refractivity contribution in [3.8, 4) is 0 Å². The molecule has 120 valence electrons. The number of hydrogen-bond donors (Lipinski definition) is 1. The van der Waals surface area contributed by atoms with Crippen LogP contribution >= 0.6 is 0 Å². The molecule has 22 heavy (non-hydrogen) atoms. The average molecular weight is 303 g/mol. The summed E-state index contributed by atoms with van der Waals surface area (Å²) < 4.78 is 7.37. The molecule has 1 N–H and O–H groups in total. The molecule has 0 aliphatic carbocycles. The van der Waals surface area contributed by atoms with Gasteiger partial charge in [0.1, 0.15) is 12.6 Å². The summed E-state index contributed by atoms with van der Waals surface area (Å²) in [6, 6.07) is 2.33. The molecule has 3 rings (SSSR count). The Morgan fingerprint density at radius 1 is 1.41 bits per heavy atom. The molecule has 1 fully saturated rings. The molecule has 1 unspecified atom stereocenters. The number of aliphatic imine (C=N–C) groups is 1. The van der Waals surface area contributed by atoms with E-state index in [0.717, 1.165) is 44.8 Å². The zero-order chi connectivity index (χ0) is 15.5. The number of hydrogen-bond acceptors (Lipinski definition) is 4. The van der Waals surface area contributed by atoms with Crippen LogP contribution in [0.25, 0.3) is 0 Å². The molecule has 1 aromatic heterocycles. The first-order valence-corrected chi connectivity index (χ1v) is 8.10. The summed E-state index contributed by atoms with van der Waals surface area (Å²) in [5, 5.41) is 12.4. The molecule has 1 atom stereocenters. The fraction of sp³-hybridized carbons (Fsp3) is 0.688. The van der Waals surface area contributed by atoms with Crippen molar-refractivity contribution in [2.75, 3.05) is 19.7 Å². The number of nitrogens with one attached hydrogen (secondary N) is 1. The Kier molecular flexibility index (Phi) is 4.45. The smallest absolute Gasteiger partial charge is 0.180 e. The molecule has 1 aromatic rings. The third kappa shape index (κ3) is 3.67. The molecular weight excluding hydrogens is 278 g/mol. The van der Waals surface area contributed by atoms with Gasteiger partial charge in [-0.05, 0) is 38.2 Å². The van der Waals surface area contributed by atoms with Crippen LogP contribution in [0.2, 0.25) is 0 Å². The number of amidine groups is 1. The summed E-state index contributed by atoms with van der Waals surface area (Å²) in [5.74, 6) is 2.16. The van der Waals surface area contributed by atoms with E-state index in [1.54, 1.807) is 0 Å². The molecule has 0 spiro atoms. The standard InChI is InChI=1S/C16H25N5O/c1-12(17)20-6-3-14(4-7-20)9-15-5-8-21(19-15)10-16-11-22-13(2)18-16/h5,8,14,16-17H,3-4,6-7,9-11H2,1-2H3. The Bertz CT molecular complexity index is 557. The van der Waals surface area contributed by atoms with E-state index in [4.69, 9.17) is 10.1 Å². The van der Waals surface area contributed by atoms with Crippen molar-refractivity contribution in [2.24, 2.45) is 10.9 Å². The lowest BCUT2D eigenvalue weighted by Crippen LogP contribution is -2.37. The molecular formula is C16H25N5O. The van der Waals surface area contributed by atoms with E-state index in [1.165, 1.54) is 5.69 Å². The molecule has 0 saturated carbocycles. The van der Waals surface area contributed by atoms with E-state index < -0.39 is 0 Å². The third-order valence-electron chi connectivity index (χ3n) is 4.53. The summed E-state index contributed by atoms with van der Waals surface area (Å²) in [4.78, 5) is 6.60. The van der Waals surface area contributed by atoms with Gasteiger partial charge in [-0.2, -0.15) is 5.10 Å². The maximum absolute atomic E-state index is 7.69. The maximum Gasteiger partial charge on any atom is 0.180 e. The lowest BCUT2D eigenvalue weighted by atomic mass is 9.92. The largest absolute Gasteiger partial charge is 0.479 e. The van der Waals surface area contributed by atoms with Gasteiger partial charge in [0, 0.05) is 26.2 Å². The van der Waals surface area contributed by atoms with Gasteiger partial charge >= 0.3 is 0 Å². The van der Waals surface area contributed by atoms with Crippen LogP contribution in [-0.2, 0) is 17.7 Å². The molecule has 0 aromatic carbocycles. The molecule has 1 saturated heterocycles. The molecule has 2 aliphatic heterocycles.